The number of hydrogen-bond donors (Lipinski definition) is 1. The molecule has 0 amide bonds. The summed E-state index contributed by atoms with van der Waals surface area (Å²) in [7, 11) is -3.44. The van der Waals surface area contributed by atoms with Crippen molar-refractivity contribution < 1.29 is 13.5 Å². The normalized spacial score (nSPS) is 25.4. The second-order valence-electron chi connectivity index (χ2n) is 5.75. The Kier molecular flexibility index (Phi) is 4.52. The van der Waals surface area contributed by atoms with E-state index in [1.807, 2.05) is 19.1 Å². The molecule has 5 heteroatoms. The maximum Gasteiger partial charge on any atom is 0.243 e. The van der Waals surface area contributed by atoms with Gasteiger partial charge in [-0.2, -0.15) is 4.31 Å². The molecule has 2 rings (SSSR count). The summed E-state index contributed by atoms with van der Waals surface area (Å²) in [6, 6.07) is 7.08. The predicted octanol–water partition coefficient (Wildman–Crippen LogP) is 2.17. The Morgan fingerprint density at radius 2 is 1.85 bits per heavy atom. The van der Waals surface area contributed by atoms with E-state index in [4.69, 9.17) is 0 Å². The number of sulfonamides is 1. The molecule has 1 aliphatic heterocycles. The summed E-state index contributed by atoms with van der Waals surface area (Å²) in [6.45, 7) is 4.68. The number of rotatable bonds is 3. The van der Waals surface area contributed by atoms with Crippen LogP contribution < -0.4 is 0 Å². The van der Waals surface area contributed by atoms with E-state index in [0.29, 0.717) is 37.2 Å². The lowest BCUT2D eigenvalue weighted by Gasteiger charge is -2.22. The average molecular weight is 297 g/mol. The van der Waals surface area contributed by atoms with E-state index < -0.39 is 15.6 Å². The summed E-state index contributed by atoms with van der Waals surface area (Å²) in [4.78, 5) is 0.344. The van der Waals surface area contributed by atoms with E-state index in [1.165, 1.54) is 4.31 Å². The van der Waals surface area contributed by atoms with Crippen molar-refractivity contribution in [2.24, 2.45) is 0 Å². The van der Waals surface area contributed by atoms with Crippen LogP contribution in [0.4, 0.5) is 0 Å². The fraction of sp³-hybridized carbons (Fsp3) is 0.600. The van der Waals surface area contributed by atoms with Gasteiger partial charge in [0.15, 0.2) is 0 Å². The Morgan fingerprint density at radius 1 is 1.20 bits per heavy atom. The van der Waals surface area contributed by atoms with Gasteiger partial charge in [0.1, 0.15) is 0 Å². The molecule has 0 aromatic heterocycles. The predicted molar refractivity (Wildman–Crippen MR) is 79.1 cm³/mol. The highest BCUT2D eigenvalue weighted by atomic mass is 32.2. The molecule has 1 aromatic rings. The Hall–Kier alpha value is -0.910. The van der Waals surface area contributed by atoms with Gasteiger partial charge in [-0.1, -0.05) is 19.1 Å². The number of benzene rings is 1. The molecule has 112 valence electrons. The van der Waals surface area contributed by atoms with Gasteiger partial charge in [0, 0.05) is 13.1 Å². The molecule has 1 heterocycles. The van der Waals surface area contributed by atoms with Gasteiger partial charge >= 0.3 is 0 Å². The van der Waals surface area contributed by atoms with Gasteiger partial charge in [-0.3, -0.25) is 0 Å². The van der Waals surface area contributed by atoms with Crippen molar-refractivity contribution in [3.05, 3.63) is 29.8 Å². The maximum atomic E-state index is 12.6. The molecule has 1 unspecified atom stereocenters. The van der Waals surface area contributed by atoms with Crippen LogP contribution in [0.5, 0.6) is 0 Å². The third-order valence-corrected chi connectivity index (χ3v) is 5.90. The number of hydrogen-bond acceptors (Lipinski definition) is 3. The van der Waals surface area contributed by atoms with Crippen molar-refractivity contribution in [2.45, 2.75) is 50.0 Å². The SMILES string of the molecule is CCc1ccc(S(=O)(=O)N2CCCC(C)(O)CC2)cc1. The number of aliphatic hydroxyl groups is 1. The van der Waals surface area contributed by atoms with Crippen molar-refractivity contribution in [3.8, 4) is 0 Å². The van der Waals surface area contributed by atoms with Crippen LogP contribution in [-0.2, 0) is 16.4 Å². The van der Waals surface area contributed by atoms with Crippen LogP contribution in [0.15, 0.2) is 29.2 Å². The monoisotopic (exact) mass is 297 g/mol. The van der Waals surface area contributed by atoms with Crippen LogP contribution in [0.2, 0.25) is 0 Å². The lowest BCUT2D eigenvalue weighted by molar-refractivity contribution is 0.0465. The summed E-state index contributed by atoms with van der Waals surface area (Å²) in [5.74, 6) is 0. The van der Waals surface area contributed by atoms with Crippen molar-refractivity contribution in [3.63, 3.8) is 0 Å². The molecule has 20 heavy (non-hydrogen) atoms. The van der Waals surface area contributed by atoms with E-state index in [2.05, 4.69) is 0 Å². The first-order valence-corrected chi connectivity index (χ1v) is 8.61. The zero-order valence-corrected chi connectivity index (χ0v) is 13.0. The fourth-order valence-corrected chi connectivity index (χ4v) is 4.00. The third kappa shape index (κ3) is 3.40. The highest BCUT2D eigenvalue weighted by Gasteiger charge is 2.31. The minimum absolute atomic E-state index is 0.344. The van der Waals surface area contributed by atoms with Crippen molar-refractivity contribution >= 4 is 10.0 Å². The molecule has 1 aliphatic rings. The first-order chi connectivity index (χ1) is 9.35. The van der Waals surface area contributed by atoms with Crippen LogP contribution >= 0.6 is 0 Å². The van der Waals surface area contributed by atoms with Crippen LogP contribution in [0.3, 0.4) is 0 Å². The summed E-state index contributed by atoms with van der Waals surface area (Å²) in [6.07, 6.45) is 2.72. The topological polar surface area (TPSA) is 57.6 Å². The van der Waals surface area contributed by atoms with Gasteiger partial charge < -0.3 is 5.11 Å². The molecular weight excluding hydrogens is 274 g/mol. The molecule has 0 spiro atoms. The van der Waals surface area contributed by atoms with E-state index >= 15 is 0 Å². The van der Waals surface area contributed by atoms with Gasteiger partial charge in [0.2, 0.25) is 10.0 Å². The summed E-state index contributed by atoms with van der Waals surface area (Å²) >= 11 is 0. The Morgan fingerprint density at radius 3 is 2.45 bits per heavy atom. The zero-order valence-electron chi connectivity index (χ0n) is 12.2. The smallest absolute Gasteiger partial charge is 0.243 e. The Labute approximate surface area is 121 Å². The quantitative estimate of drug-likeness (QED) is 0.930. The number of nitrogens with zero attached hydrogens (tertiary/aromatic N) is 1. The van der Waals surface area contributed by atoms with E-state index in [-0.39, 0.29) is 0 Å². The molecule has 0 saturated carbocycles. The summed E-state index contributed by atoms with van der Waals surface area (Å²) < 4.78 is 26.7. The van der Waals surface area contributed by atoms with Crippen LogP contribution in [-0.4, -0.2) is 36.5 Å². The highest BCUT2D eigenvalue weighted by molar-refractivity contribution is 7.89. The molecule has 1 saturated heterocycles. The van der Waals surface area contributed by atoms with E-state index in [9.17, 15) is 13.5 Å². The average Bonchev–Trinajstić information content (AvgIpc) is 2.60. The molecule has 4 nitrogen and oxygen atoms in total. The van der Waals surface area contributed by atoms with Gasteiger partial charge in [0.25, 0.3) is 0 Å². The Bertz CT molecular complexity index is 549. The van der Waals surface area contributed by atoms with Crippen LogP contribution in [0.25, 0.3) is 0 Å². The van der Waals surface area contributed by atoms with E-state index in [0.717, 1.165) is 12.0 Å². The third-order valence-electron chi connectivity index (χ3n) is 3.99. The molecule has 0 radical (unpaired) electrons. The molecule has 1 N–H and O–H groups in total. The van der Waals surface area contributed by atoms with E-state index in [1.54, 1.807) is 19.1 Å². The van der Waals surface area contributed by atoms with Gasteiger partial charge in [-0.05, 0) is 50.3 Å². The second kappa shape index (κ2) is 5.84. The molecule has 0 aliphatic carbocycles. The minimum Gasteiger partial charge on any atom is -0.390 e. The molecule has 0 bridgehead atoms. The number of aryl methyl sites for hydroxylation is 1. The van der Waals surface area contributed by atoms with Crippen LogP contribution in [0, 0.1) is 0 Å². The lowest BCUT2D eigenvalue weighted by Crippen LogP contribution is -2.33. The fourth-order valence-electron chi connectivity index (χ4n) is 2.53. The summed E-state index contributed by atoms with van der Waals surface area (Å²) in [5.41, 5.74) is 0.374. The van der Waals surface area contributed by atoms with Gasteiger partial charge in [0.05, 0.1) is 10.5 Å². The highest BCUT2D eigenvalue weighted by Crippen LogP contribution is 2.25. The van der Waals surface area contributed by atoms with Gasteiger partial charge in [-0.15, -0.1) is 0 Å². The van der Waals surface area contributed by atoms with Gasteiger partial charge in [-0.25, -0.2) is 8.42 Å². The lowest BCUT2D eigenvalue weighted by atomic mass is 9.98. The van der Waals surface area contributed by atoms with Crippen molar-refractivity contribution in [1.82, 2.24) is 4.31 Å². The second-order valence-corrected chi connectivity index (χ2v) is 7.69. The van der Waals surface area contributed by atoms with Crippen molar-refractivity contribution in [2.75, 3.05) is 13.1 Å². The first kappa shape index (κ1) is 15.5. The minimum atomic E-state index is -3.44. The Balaban J connectivity index is 2.20. The largest absolute Gasteiger partial charge is 0.390 e. The molecular formula is C15H23NO3S. The molecule has 1 aromatic carbocycles. The molecule has 1 fully saturated rings. The summed E-state index contributed by atoms with van der Waals surface area (Å²) in [5, 5.41) is 10.1. The van der Waals surface area contributed by atoms with Crippen LogP contribution in [0.1, 0.15) is 38.7 Å². The van der Waals surface area contributed by atoms with Crippen molar-refractivity contribution in [1.29, 1.82) is 0 Å². The first-order valence-electron chi connectivity index (χ1n) is 7.17. The zero-order chi connectivity index (χ0) is 14.8. The maximum absolute atomic E-state index is 12.6. The molecule has 1 atom stereocenters. The standard InChI is InChI=1S/C15H23NO3S/c1-3-13-5-7-14(8-6-13)20(18,19)16-11-4-9-15(2,17)10-12-16/h5-8,17H,3-4,9-12H2,1-2H3.